The van der Waals surface area contributed by atoms with E-state index >= 15 is 0 Å². The molecule has 0 amide bonds. The molecule has 21 heavy (non-hydrogen) atoms. The maximum absolute atomic E-state index is 12.8. The van der Waals surface area contributed by atoms with Crippen molar-refractivity contribution in [3.05, 3.63) is 47.8 Å². The van der Waals surface area contributed by atoms with Gasteiger partial charge in [0.15, 0.2) is 0 Å². The van der Waals surface area contributed by atoms with Crippen LogP contribution in [0.2, 0.25) is 0 Å². The number of ether oxygens (including phenoxy) is 1. The second-order valence-corrected chi connectivity index (χ2v) is 4.14. The zero-order chi connectivity index (χ0) is 15.6. The van der Waals surface area contributed by atoms with Crippen LogP contribution in [0.1, 0.15) is 15.9 Å². The molecule has 1 heterocycles. The van der Waals surface area contributed by atoms with Crippen molar-refractivity contribution in [1.82, 2.24) is 4.98 Å². The fourth-order valence-corrected chi connectivity index (χ4v) is 1.91. The number of hydrogen-bond donors (Lipinski definition) is 1. The summed E-state index contributed by atoms with van der Waals surface area (Å²) in [7, 11) is 1.40. The molecule has 2 aromatic rings. The Hall–Kier alpha value is -2.57. The Bertz CT molecular complexity index is 683. The van der Waals surface area contributed by atoms with Gasteiger partial charge in [-0.3, -0.25) is 4.98 Å². The van der Waals surface area contributed by atoms with Crippen LogP contribution in [0.15, 0.2) is 36.7 Å². The first kappa shape index (κ1) is 14.8. The summed E-state index contributed by atoms with van der Waals surface area (Å²) >= 11 is 0. The number of nitrogens with zero attached hydrogens (tertiary/aromatic N) is 1. The smallest absolute Gasteiger partial charge is 0.417 e. The lowest BCUT2D eigenvalue weighted by Crippen LogP contribution is -2.12. The Kier molecular flexibility index (Phi) is 3.84. The average molecular weight is 297 g/mol. The average Bonchev–Trinajstić information content (AvgIpc) is 2.45. The monoisotopic (exact) mass is 297 g/mol. The zero-order valence-corrected chi connectivity index (χ0v) is 10.8. The predicted molar refractivity (Wildman–Crippen MR) is 68.2 cm³/mol. The first-order valence-electron chi connectivity index (χ1n) is 5.77. The van der Waals surface area contributed by atoms with Gasteiger partial charge in [-0.2, -0.15) is 13.2 Å². The van der Waals surface area contributed by atoms with Crippen molar-refractivity contribution < 1.29 is 27.8 Å². The van der Waals surface area contributed by atoms with E-state index in [2.05, 4.69) is 4.98 Å². The van der Waals surface area contributed by atoms with Gasteiger partial charge in [-0.25, -0.2) is 4.79 Å². The van der Waals surface area contributed by atoms with Crippen molar-refractivity contribution in [2.75, 3.05) is 7.11 Å². The second-order valence-electron chi connectivity index (χ2n) is 4.14. The van der Waals surface area contributed by atoms with Crippen molar-refractivity contribution in [3.8, 4) is 16.9 Å². The number of carbonyl (C=O) groups is 1. The topological polar surface area (TPSA) is 59.4 Å². The van der Waals surface area contributed by atoms with Gasteiger partial charge in [-0.05, 0) is 23.8 Å². The van der Waals surface area contributed by atoms with Gasteiger partial charge >= 0.3 is 12.1 Å². The third-order valence-corrected chi connectivity index (χ3v) is 2.87. The van der Waals surface area contributed by atoms with Gasteiger partial charge in [0.05, 0.1) is 18.2 Å². The Morgan fingerprint density at radius 3 is 2.57 bits per heavy atom. The number of aromatic nitrogens is 1. The minimum absolute atomic E-state index is 0.283. The molecule has 0 atom stereocenters. The molecule has 7 heteroatoms. The Labute approximate surface area is 117 Å². The van der Waals surface area contributed by atoms with Crippen LogP contribution in [0.3, 0.4) is 0 Å². The van der Waals surface area contributed by atoms with Crippen LogP contribution >= 0.6 is 0 Å². The minimum atomic E-state index is -4.73. The second kappa shape index (κ2) is 5.43. The third-order valence-electron chi connectivity index (χ3n) is 2.87. The number of carboxylic acids is 1. The van der Waals surface area contributed by atoms with Gasteiger partial charge in [0.25, 0.3) is 0 Å². The van der Waals surface area contributed by atoms with Crippen LogP contribution < -0.4 is 4.74 Å². The molecule has 0 aliphatic carbocycles. The Morgan fingerprint density at radius 1 is 1.29 bits per heavy atom. The SMILES string of the molecule is COc1ccncc1-c1ccc(C(F)(F)F)c(C(=O)O)c1. The predicted octanol–water partition coefficient (Wildman–Crippen LogP) is 3.47. The highest BCUT2D eigenvalue weighted by Crippen LogP contribution is 2.36. The number of benzene rings is 1. The molecule has 2 rings (SSSR count). The number of hydrogen-bond acceptors (Lipinski definition) is 3. The molecule has 0 radical (unpaired) electrons. The van der Waals surface area contributed by atoms with Crippen LogP contribution in [0, 0.1) is 0 Å². The molecular weight excluding hydrogens is 287 g/mol. The summed E-state index contributed by atoms with van der Waals surface area (Å²) in [6.45, 7) is 0. The van der Waals surface area contributed by atoms with Crippen molar-refractivity contribution >= 4 is 5.97 Å². The molecule has 0 aliphatic heterocycles. The quantitative estimate of drug-likeness (QED) is 0.942. The summed E-state index contributed by atoms with van der Waals surface area (Å²) < 4.78 is 43.5. The fourth-order valence-electron chi connectivity index (χ4n) is 1.91. The van der Waals surface area contributed by atoms with Crippen LogP contribution in [0.4, 0.5) is 13.2 Å². The molecule has 1 aromatic carbocycles. The van der Waals surface area contributed by atoms with Crippen molar-refractivity contribution in [2.24, 2.45) is 0 Å². The molecule has 0 saturated carbocycles. The van der Waals surface area contributed by atoms with Gasteiger partial charge in [0, 0.05) is 18.0 Å². The highest BCUT2D eigenvalue weighted by Gasteiger charge is 2.35. The Morgan fingerprint density at radius 2 is 2.00 bits per heavy atom. The molecular formula is C14H10F3NO3. The van der Waals surface area contributed by atoms with E-state index in [0.717, 1.165) is 12.1 Å². The largest absolute Gasteiger partial charge is 0.496 e. The summed E-state index contributed by atoms with van der Waals surface area (Å²) in [5, 5.41) is 8.98. The summed E-state index contributed by atoms with van der Waals surface area (Å²) in [5.41, 5.74) is -1.31. The number of methoxy groups -OCH3 is 1. The number of carboxylic acid groups (broad SMARTS) is 1. The molecule has 0 unspecified atom stereocenters. The molecule has 0 spiro atoms. The number of alkyl halides is 3. The first-order chi connectivity index (χ1) is 9.84. The fraction of sp³-hybridized carbons (Fsp3) is 0.143. The number of pyridine rings is 1. The van der Waals surface area contributed by atoms with Crippen LogP contribution in [0.5, 0.6) is 5.75 Å². The van der Waals surface area contributed by atoms with E-state index in [1.165, 1.54) is 31.6 Å². The van der Waals surface area contributed by atoms with E-state index in [9.17, 15) is 18.0 Å². The van der Waals surface area contributed by atoms with E-state index < -0.39 is 23.3 Å². The van der Waals surface area contributed by atoms with Crippen LogP contribution in [-0.4, -0.2) is 23.2 Å². The van der Waals surface area contributed by atoms with Gasteiger partial charge in [-0.15, -0.1) is 0 Å². The summed E-state index contributed by atoms with van der Waals surface area (Å²) in [5.74, 6) is -1.26. The highest BCUT2D eigenvalue weighted by atomic mass is 19.4. The van der Waals surface area contributed by atoms with Gasteiger partial charge in [0.2, 0.25) is 0 Å². The van der Waals surface area contributed by atoms with Crippen molar-refractivity contribution in [2.45, 2.75) is 6.18 Å². The molecule has 0 bridgehead atoms. The van der Waals surface area contributed by atoms with E-state index in [0.29, 0.717) is 11.3 Å². The summed E-state index contributed by atoms with van der Waals surface area (Å²) in [4.78, 5) is 14.9. The molecule has 0 aliphatic rings. The molecule has 1 N–H and O–H groups in total. The van der Waals surface area contributed by atoms with Crippen LogP contribution in [0.25, 0.3) is 11.1 Å². The first-order valence-corrected chi connectivity index (χ1v) is 5.77. The van der Waals surface area contributed by atoms with Crippen molar-refractivity contribution in [3.63, 3.8) is 0 Å². The minimum Gasteiger partial charge on any atom is -0.496 e. The maximum Gasteiger partial charge on any atom is 0.417 e. The van der Waals surface area contributed by atoms with E-state index in [4.69, 9.17) is 9.84 Å². The van der Waals surface area contributed by atoms with E-state index in [1.54, 1.807) is 0 Å². The molecule has 0 fully saturated rings. The standard InChI is InChI=1S/C14H10F3NO3/c1-21-12-4-5-18-7-10(12)8-2-3-11(14(15,16)17)9(6-8)13(19)20/h2-7H,1H3,(H,19,20). The third kappa shape index (κ3) is 2.96. The zero-order valence-electron chi connectivity index (χ0n) is 10.8. The molecule has 1 aromatic heterocycles. The molecule has 4 nitrogen and oxygen atoms in total. The maximum atomic E-state index is 12.8. The lowest BCUT2D eigenvalue weighted by atomic mass is 9.99. The Balaban J connectivity index is 2.63. The van der Waals surface area contributed by atoms with Gasteiger partial charge < -0.3 is 9.84 Å². The van der Waals surface area contributed by atoms with E-state index in [-0.39, 0.29) is 5.56 Å². The van der Waals surface area contributed by atoms with Gasteiger partial charge in [0.1, 0.15) is 5.75 Å². The number of aromatic carboxylic acids is 1. The lowest BCUT2D eigenvalue weighted by Gasteiger charge is -2.13. The summed E-state index contributed by atoms with van der Waals surface area (Å²) in [6, 6.07) is 4.43. The normalized spacial score (nSPS) is 11.2. The highest BCUT2D eigenvalue weighted by molar-refractivity contribution is 5.91. The van der Waals surface area contributed by atoms with Crippen molar-refractivity contribution in [1.29, 1.82) is 0 Å². The number of rotatable bonds is 3. The summed E-state index contributed by atoms with van der Waals surface area (Å²) in [6.07, 6.45) is -1.87. The number of halogens is 3. The van der Waals surface area contributed by atoms with Gasteiger partial charge in [-0.1, -0.05) is 6.07 Å². The lowest BCUT2D eigenvalue weighted by molar-refractivity contribution is -0.138. The molecule has 0 saturated heterocycles. The van der Waals surface area contributed by atoms with E-state index in [1.807, 2.05) is 0 Å². The van der Waals surface area contributed by atoms with Crippen LogP contribution in [-0.2, 0) is 6.18 Å². The molecule has 110 valence electrons.